The molecular weight excluding hydrogens is 540 g/mol. The van der Waals surface area contributed by atoms with E-state index in [1.165, 1.54) is 17.7 Å². The Morgan fingerprint density at radius 1 is 1.05 bits per heavy atom. The molecule has 10 nitrogen and oxygen atoms in total. The lowest BCUT2D eigenvalue weighted by Crippen LogP contribution is -2.26. The topological polar surface area (TPSA) is 126 Å². The normalized spacial score (nSPS) is 11.9. The van der Waals surface area contributed by atoms with Crippen LogP contribution in [0.15, 0.2) is 102 Å². The summed E-state index contributed by atoms with van der Waals surface area (Å²) in [6.45, 7) is 0.115. The number of fused-ring (bicyclic) bond motifs is 1. The number of nitrogens with one attached hydrogen (secondary N) is 1. The number of nitrogens with zero attached hydrogens (tertiary/aromatic N) is 5. The minimum absolute atomic E-state index is 0.115. The molecule has 1 atom stereocenters. The van der Waals surface area contributed by atoms with Gasteiger partial charge in [0.2, 0.25) is 5.95 Å². The molecule has 4 aromatic heterocycles. The van der Waals surface area contributed by atoms with Crippen LogP contribution < -0.4 is 10.2 Å². The SMILES string of the molecule is CN(C(=O)c1ccccc1)c1ccc2c(c1)nc(NC(=O)c1ccc(-c3cnco3)s1)n2C[C@H](O)c1cccnc1. The van der Waals surface area contributed by atoms with Crippen molar-refractivity contribution < 1.29 is 19.1 Å². The van der Waals surface area contributed by atoms with Gasteiger partial charge in [0.1, 0.15) is 0 Å². The lowest BCUT2D eigenvalue weighted by atomic mass is 10.1. The predicted octanol–water partition coefficient (Wildman–Crippen LogP) is 5.41. The van der Waals surface area contributed by atoms with Crippen LogP contribution in [0.2, 0.25) is 0 Å². The molecule has 2 N–H and O–H groups in total. The lowest BCUT2D eigenvalue weighted by molar-refractivity contribution is 0.0991. The van der Waals surface area contributed by atoms with Gasteiger partial charge in [-0.3, -0.25) is 19.9 Å². The van der Waals surface area contributed by atoms with Gasteiger partial charge in [-0.2, -0.15) is 0 Å². The molecule has 0 aliphatic carbocycles. The number of imidazole rings is 1. The Kier molecular flexibility index (Phi) is 7.11. The molecule has 0 fully saturated rings. The Morgan fingerprint density at radius 2 is 1.90 bits per heavy atom. The summed E-state index contributed by atoms with van der Waals surface area (Å²) < 4.78 is 7.09. The maximum Gasteiger partial charge on any atom is 0.268 e. The lowest BCUT2D eigenvalue weighted by Gasteiger charge is -2.18. The number of thiophene rings is 1. The number of amides is 2. The highest BCUT2D eigenvalue weighted by Crippen LogP contribution is 2.30. The van der Waals surface area contributed by atoms with E-state index in [2.05, 4.69) is 15.3 Å². The fourth-order valence-electron chi connectivity index (χ4n) is 4.44. The first-order chi connectivity index (χ1) is 20.0. The van der Waals surface area contributed by atoms with Crippen LogP contribution >= 0.6 is 11.3 Å². The van der Waals surface area contributed by atoms with Crippen molar-refractivity contribution in [3.05, 3.63) is 114 Å². The van der Waals surface area contributed by atoms with Crippen LogP contribution in [0.3, 0.4) is 0 Å². The quantitative estimate of drug-likeness (QED) is 0.253. The highest BCUT2D eigenvalue weighted by molar-refractivity contribution is 7.17. The second-order valence-electron chi connectivity index (χ2n) is 9.24. The maximum atomic E-state index is 13.3. The van der Waals surface area contributed by atoms with Gasteiger partial charge >= 0.3 is 0 Å². The molecule has 4 heterocycles. The van der Waals surface area contributed by atoms with Crippen LogP contribution in [-0.2, 0) is 6.54 Å². The summed E-state index contributed by atoms with van der Waals surface area (Å²) in [6.07, 6.45) is 5.25. The van der Waals surface area contributed by atoms with E-state index in [9.17, 15) is 14.7 Å². The van der Waals surface area contributed by atoms with Gasteiger partial charge in [-0.25, -0.2) is 9.97 Å². The zero-order valence-corrected chi connectivity index (χ0v) is 22.7. The van der Waals surface area contributed by atoms with Crippen molar-refractivity contribution in [2.45, 2.75) is 12.6 Å². The number of hydrogen-bond donors (Lipinski definition) is 2. The number of carbonyl (C=O) groups is 2. The predicted molar refractivity (Wildman–Crippen MR) is 156 cm³/mol. The third kappa shape index (κ3) is 5.36. The minimum atomic E-state index is -0.904. The van der Waals surface area contributed by atoms with E-state index in [-0.39, 0.29) is 24.3 Å². The van der Waals surface area contributed by atoms with Crippen molar-refractivity contribution in [2.24, 2.45) is 0 Å². The van der Waals surface area contributed by atoms with Crippen molar-refractivity contribution in [1.29, 1.82) is 0 Å². The molecule has 0 bridgehead atoms. The molecule has 0 saturated heterocycles. The third-order valence-electron chi connectivity index (χ3n) is 6.60. The average Bonchev–Trinajstić information content (AvgIpc) is 3.78. The summed E-state index contributed by atoms with van der Waals surface area (Å²) in [7, 11) is 1.70. The van der Waals surface area contributed by atoms with Crippen LogP contribution in [0.1, 0.15) is 31.7 Å². The Hall–Kier alpha value is -5.13. The first-order valence-corrected chi connectivity index (χ1v) is 13.5. The van der Waals surface area contributed by atoms with Gasteiger partial charge < -0.3 is 19.0 Å². The van der Waals surface area contributed by atoms with Crippen LogP contribution in [0.5, 0.6) is 0 Å². The first kappa shape index (κ1) is 26.1. The molecular formula is C30H24N6O4S. The van der Waals surface area contributed by atoms with E-state index in [4.69, 9.17) is 9.40 Å². The van der Waals surface area contributed by atoms with Crippen molar-refractivity contribution in [1.82, 2.24) is 19.5 Å². The van der Waals surface area contributed by atoms with Crippen LogP contribution in [-0.4, -0.2) is 43.5 Å². The maximum absolute atomic E-state index is 13.3. The van der Waals surface area contributed by atoms with E-state index >= 15 is 0 Å². The average molecular weight is 565 g/mol. The molecule has 0 aliphatic heterocycles. The van der Waals surface area contributed by atoms with Gasteiger partial charge in [-0.05, 0) is 48.5 Å². The van der Waals surface area contributed by atoms with Gasteiger partial charge in [-0.15, -0.1) is 11.3 Å². The molecule has 0 aliphatic rings. The number of benzene rings is 2. The van der Waals surface area contributed by atoms with E-state index in [0.717, 1.165) is 4.88 Å². The van der Waals surface area contributed by atoms with E-state index < -0.39 is 6.10 Å². The Balaban J connectivity index is 1.34. The number of aliphatic hydroxyl groups is 1. The zero-order valence-electron chi connectivity index (χ0n) is 21.8. The van der Waals surface area contributed by atoms with Crippen LogP contribution in [0, 0.1) is 0 Å². The second-order valence-corrected chi connectivity index (χ2v) is 10.3. The Morgan fingerprint density at radius 3 is 2.66 bits per heavy atom. The van der Waals surface area contributed by atoms with Crippen LogP contribution in [0.4, 0.5) is 11.6 Å². The van der Waals surface area contributed by atoms with Crippen molar-refractivity contribution in [3.8, 4) is 10.6 Å². The van der Waals surface area contributed by atoms with E-state index in [1.54, 1.807) is 77.6 Å². The van der Waals surface area contributed by atoms with Crippen LogP contribution in [0.25, 0.3) is 21.7 Å². The number of aliphatic hydroxyl groups excluding tert-OH is 1. The molecule has 0 saturated carbocycles. The Bertz CT molecular complexity index is 1820. The molecule has 6 rings (SSSR count). The Labute approximate surface area is 238 Å². The van der Waals surface area contributed by atoms with Gasteiger partial charge in [0.25, 0.3) is 11.8 Å². The summed E-state index contributed by atoms with van der Waals surface area (Å²) in [5.74, 6) is 0.314. The van der Waals surface area contributed by atoms with Gasteiger partial charge in [0.05, 0.1) is 39.6 Å². The number of aromatic nitrogens is 4. The zero-order chi connectivity index (χ0) is 28.3. The van der Waals surface area contributed by atoms with Crippen molar-refractivity contribution in [2.75, 3.05) is 17.3 Å². The molecule has 41 heavy (non-hydrogen) atoms. The fourth-order valence-corrected chi connectivity index (χ4v) is 5.30. The number of hydrogen-bond acceptors (Lipinski definition) is 8. The highest BCUT2D eigenvalue weighted by atomic mass is 32.1. The number of anilines is 2. The standard InChI is InChI=1S/C30H24N6O4S/c1-35(29(39)19-6-3-2-4-7-19)21-9-10-23-22(14-21)33-30(36(23)17-24(37)20-8-5-13-31-15-20)34-28(38)27-12-11-26(41-27)25-16-32-18-40-25/h2-16,18,24,37H,17H2,1H3,(H,33,34,38)/t24-/m0/s1. The highest BCUT2D eigenvalue weighted by Gasteiger charge is 2.21. The van der Waals surface area contributed by atoms with Gasteiger partial charge in [0.15, 0.2) is 12.2 Å². The summed E-state index contributed by atoms with van der Waals surface area (Å²) in [5, 5.41) is 13.9. The molecule has 0 spiro atoms. The second kappa shape index (κ2) is 11.2. The monoisotopic (exact) mass is 564 g/mol. The van der Waals surface area contributed by atoms with Gasteiger partial charge in [-0.1, -0.05) is 24.3 Å². The number of rotatable bonds is 8. The smallest absolute Gasteiger partial charge is 0.268 e. The third-order valence-corrected chi connectivity index (χ3v) is 7.70. The number of carbonyl (C=O) groups excluding carboxylic acids is 2. The van der Waals surface area contributed by atoms with E-state index in [1.807, 2.05) is 30.3 Å². The largest absolute Gasteiger partial charge is 0.443 e. The summed E-state index contributed by atoms with van der Waals surface area (Å²) in [4.78, 5) is 41.8. The summed E-state index contributed by atoms with van der Waals surface area (Å²) >= 11 is 1.26. The van der Waals surface area contributed by atoms with Crippen molar-refractivity contribution >= 4 is 45.8 Å². The molecule has 0 unspecified atom stereocenters. The molecule has 6 aromatic rings. The molecule has 2 aromatic carbocycles. The van der Waals surface area contributed by atoms with E-state index in [0.29, 0.717) is 38.5 Å². The summed E-state index contributed by atoms with van der Waals surface area (Å²) in [6, 6.07) is 21.5. The fraction of sp³-hybridized carbons (Fsp3) is 0.100. The molecule has 11 heteroatoms. The minimum Gasteiger partial charge on any atom is -0.443 e. The van der Waals surface area contributed by atoms with Gasteiger partial charge in [0, 0.05) is 36.3 Å². The number of oxazole rings is 1. The molecule has 2 amide bonds. The summed E-state index contributed by atoms with van der Waals surface area (Å²) in [5.41, 5.74) is 3.07. The first-order valence-electron chi connectivity index (χ1n) is 12.7. The number of pyridine rings is 1. The van der Waals surface area contributed by atoms with Crippen molar-refractivity contribution in [3.63, 3.8) is 0 Å². The molecule has 0 radical (unpaired) electrons. The molecule has 204 valence electrons.